The summed E-state index contributed by atoms with van der Waals surface area (Å²) in [5.41, 5.74) is -0.207. The Hall–Kier alpha value is -1.03. The van der Waals surface area contributed by atoms with Gasteiger partial charge in [0.25, 0.3) is 10.1 Å². The zero-order chi connectivity index (χ0) is 17.8. The van der Waals surface area contributed by atoms with Crippen molar-refractivity contribution >= 4 is 10.1 Å². The fourth-order valence-electron chi connectivity index (χ4n) is 3.12. The molecule has 134 valence electrons. The summed E-state index contributed by atoms with van der Waals surface area (Å²) in [6.07, 6.45) is -2.71. The van der Waals surface area contributed by atoms with Gasteiger partial charge < -0.3 is 19.3 Å². The molecule has 2 aliphatic heterocycles. The van der Waals surface area contributed by atoms with Gasteiger partial charge in [-0.2, -0.15) is 8.42 Å². The first-order valence-electron chi connectivity index (χ1n) is 7.72. The molecule has 24 heavy (non-hydrogen) atoms. The van der Waals surface area contributed by atoms with Gasteiger partial charge in [0.1, 0.15) is 17.8 Å². The minimum atomic E-state index is -4.04. The number of hydrogen-bond acceptors (Lipinski definition) is 7. The lowest BCUT2D eigenvalue weighted by Gasteiger charge is -2.30. The molecule has 0 unspecified atom stereocenters. The average molecular weight is 358 g/mol. The molecule has 2 fully saturated rings. The summed E-state index contributed by atoms with van der Waals surface area (Å²) in [7, 11) is -4.04. The van der Waals surface area contributed by atoms with E-state index < -0.39 is 46.6 Å². The second-order valence-electron chi connectivity index (χ2n) is 6.78. The lowest BCUT2D eigenvalue weighted by atomic mass is 9.98. The van der Waals surface area contributed by atoms with E-state index >= 15 is 0 Å². The van der Waals surface area contributed by atoms with Gasteiger partial charge in [0, 0.05) is 0 Å². The molecule has 7 nitrogen and oxygen atoms in total. The Labute approximate surface area is 141 Å². The van der Waals surface area contributed by atoms with E-state index in [0.717, 1.165) is 5.56 Å². The van der Waals surface area contributed by atoms with E-state index in [1.165, 1.54) is 12.1 Å². The van der Waals surface area contributed by atoms with Gasteiger partial charge in [-0.3, -0.25) is 4.18 Å². The Morgan fingerprint density at radius 2 is 1.83 bits per heavy atom. The second kappa shape index (κ2) is 5.76. The van der Waals surface area contributed by atoms with E-state index in [9.17, 15) is 13.5 Å². The maximum atomic E-state index is 12.6. The maximum absolute atomic E-state index is 12.6. The fourth-order valence-corrected chi connectivity index (χ4v) is 4.29. The maximum Gasteiger partial charge on any atom is 0.297 e. The van der Waals surface area contributed by atoms with E-state index in [0.29, 0.717) is 0 Å². The molecule has 2 aliphatic rings. The average Bonchev–Trinajstić information content (AvgIpc) is 2.85. The van der Waals surface area contributed by atoms with Crippen LogP contribution in [0.5, 0.6) is 0 Å². The van der Waals surface area contributed by atoms with Gasteiger partial charge in [-0.25, -0.2) is 0 Å². The van der Waals surface area contributed by atoms with Crippen molar-refractivity contribution in [2.45, 2.75) is 62.5 Å². The van der Waals surface area contributed by atoms with Crippen molar-refractivity contribution in [3.63, 3.8) is 0 Å². The van der Waals surface area contributed by atoms with Gasteiger partial charge in [0.15, 0.2) is 12.1 Å². The predicted molar refractivity (Wildman–Crippen MR) is 83.6 cm³/mol. The number of rotatable bonds is 4. The Morgan fingerprint density at radius 1 is 1.21 bits per heavy atom. The second-order valence-corrected chi connectivity index (χ2v) is 8.35. The summed E-state index contributed by atoms with van der Waals surface area (Å²) < 4.78 is 47.7. The molecule has 0 radical (unpaired) electrons. The van der Waals surface area contributed by atoms with E-state index in [4.69, 9.17) is 18.4 Å². The number of aryl methyl sites for hydroxylation is 1. The smallest absolute Gasteiger partial charge is 0.297 e. The monoisotopic (exact) mass is 358 g/mol. The van der Waals surface area contributed by atoms with Gasteiger partial charge in [0.05, 0.1) is 11.5 Å². The van der Waals surface area contributed by atoms with Crippen LogP contribution in [-0.2, 0) is 28.5 Å². The Kier molecular flexibility index (Phi) is 4.26. The van der Waals surface area contributed by atoms with Crippen LogP contribution in [0, 0.1) is 6.92 Å². The third-order valence-electron chi connectivity index (χ3n) is 4.25. The highest BCUT2D eigenvalue weighted by Gasteiger charge is 2.64. The summed E-state index contributed by atoms with van der Waals surface area (Å²) >= 11 is 0. The highest BCUT2D eigenvalue weighted by molar-refractivity contribution is 7.86. The van der Waals surface area contributed by atoms with Gasteiger partial charge >= 0.3 is 0 Å². The first kappa shape index (κ1) is 17.8. The van der Waals surface area contributed by atoms with Crippen LogP contribution in [0.1, 0.15) is 26.3 Å². The third kappa shape index (κ3) is 2.98. The van der Waals surface area contributed by atoms with E-state index in [2.05, 4.69) is 0 Å². The molecule has 0 aliphatic carbocycles. The van der Waals surface area contributed by atoms with Gasteiger partial charge in [0.2, 0.25) is 0 Å². The molecule has 3 rings (SSSR count). The first-order chi connectivity index (χ1) is 11.1. The van der Waals surface area contributed by atoms with Crippen LogP contribution in [0.15, 0.2) is 29.2 Å². The standard InChI is InChI=1S/C16H22O7S/c1-10-5-7-11(8-6-10)24(18,19)22-13-12(9-17)20-14-16(13,4)23-15(2,3)21-14/h5-8,12-14,17H,9H2,1-4H3/t12-,13+,14+,16+/m0/s1. The minimum Gasteiger partial charge on any atom is -0.394 e. The number of aliphatic hydroxyl groups is 1. The topological polar surface area (TPSA) is 91.3 Å². The first-order valence-corrected chi connectivity index (χ1v) is 9.12. The zero-order valence-corrected chi connectivity index (χ0v) is 14.9. The SMILES string of the molecule is Cc1ccc(S(=O)(=O)O[C@@H]2[C@H](CO)O[C@@H]3OC(C)(C)O[C@@]32C)cc1. The number of hydrogen-bond donors (Lipinski definition) is 1. The van der Waals surface area contributed by atoms with Crippen LogP contribution in [-0.4, -0.2) is 50.0 Å². The number of aliphatic hydroxyl groups excluding tert-OH is 1. The summed E-state index contributed by atoms with van der Waals surface area (Å²) in [5, 5.41) is 9.53. The van der Waals surface area contributed by atoms with Crippen molar-refractivity contribution in [1.29, 1.82) is 0 Å². The van der Waals surface area contributed by atoms with Gasteiger partial charge in [-0.15, -0.1) is 0 Å². The molecule has 0 spiro atoms. The predicted octanol–water partition coefficient (Wildman–Crippen LogP) is 1.33. The Bertz CT molecular complexity index is 712. The van der Waals surface area contributed by atoms with Crippen LogP contribution < -0.4 is 0 Å². The third-order valence-corrected chi connectivity index (χ3v) is 5.56. The fraction of sp³-hybridized carbons (Fsp3) is 0.625. The van der Waals surface area contributed by atoms with Crippen LogP contribution in [0.25, 0.3) is 0 Å². The Balaban J connectivity index is 1.90. The molecular weight excluding hydrogens is 336 g/mol. The normalized spacial score (nSPS) is 35.1. The minimum absolute atomic E-state index is 0.0371. The van der Waals surface area contributed by atoms with Crippen molar-refractivity contribution in [2.24, 2.45) is 0 Å². The highest BCUT2D eigenvalue weighted by atomic mass is 32.2. The summed E-state index contributed by atoms with van der Waals surface area (Å²) in [6.45, 7) is 6.53. The highest BCUT2D eigenvalue weighted by Crippen LogP contribution is 2.47. The van der Waals surface area contributed by atoms with Crippen LogP contribution in [0.3, 0.4) is 0 Å². The number of ether oxygens (including phenoxy) is 3. The molecule has 1 aromatic rings. The lowest BCUT2D eigenvalue weighted by molar-refractivity contribution is -0.220. The molecule has 2 saturated heterocycles. The molecule has 1 aromatic carbocycles. The number of fused-ring (bicyclic) bond motifs is 1. The molecule has 0 bridgehead atoms. The van der Waals surface area contributed by atoms with Crippen molar-refractivity contribution in [3.8, 4) is 0 Å². The van der Waals surface area contributed by atoms with Crippen molar-refractivity contribution < 1.29 is 31.9 Å². The Morgan fingerprint density at radius 3 is 2.42 bits per heavy atom. The molecule has 0 aromatic heterocycles. The van der Waals surface area contributed by atoms with Crippen molar-refractivity contribution in [1.82, 2.24) is 0 Å². The van der Waals surface area contributed by atoms with E-state index in [1.54, 1.807) is 32.9 Å². The zero-order valence-electron chi connectivity index (χ0n) is 14.1. The molecule has 0 saturated carbocycles. The van der Waals surface area contributed by atoms with Gasteiger partial charge in [-0.05, 0) is 39.8 Å². The number of benzene rings is 1. The van der Waals surface area contributed by atoms with Crippen molar-refractivity contribution in [3.05, 3.63) is 29.8 Å². The quantitative estimate of drug-likeness (QED) is 0.812. The molecule has 0 amide bonds. The van der Waals surface area contributed by atoms with Crippen LogP contribution in [0.4, 0.5) is 0 Å². The van der Waals surface area contributed by atoms with E-state index in [-0.39, 0.29) is 4.90 Å². The van der Waals surface area contributed by atoms with Gasteiger partial charge in [-0.1, -0.05) is 17.7 Å². The van der Waals surface area contributed by atoms with Crippen LogP contribution in [0.2, 0.25) is 0 Å². The molecule has 8 heteroatoms. The molecular formula is C16H22O7S. The van der Waals surface area contributed by atoms with Crippen LogP contribution >= 0.6 is 0 Å². The lowest BCUT2D eigenvalue weighted by Crippen LogP contribution is -2.48. The van der Waals surface area contributed by atoms with E-state index in [1.807, 2.05) is 6.92 Å². The van der Waals surface area contributed by atoms with Crippen molar-refractivity contribution in [2.75, 3.05) is 6.61 Å². The molecule has 1 N–H and O–H groups in total. The molecule has 4 atom stereocenters. The summed E-state index contributed by atoms with van der Waals surface area (Å²) in [5.74, 6) is -0.935. The molecule has 2 heterocycles. The summed E-state index contributed by atoms with van der Waals surface area (Å²) in [4.78, 5) is 0.0371. The summed E-state index contributed by atoms with van der Waals surface area (Å²) in [6, 6.07) is 6.33. The largest absolute Gasteiger partial charge is 0.394 e.